The summed E-state index contributed by atoms with van der Waals surface area (Å²) in [7, 11) is 1.64. The van der Waals surface area contributed by atoms with E-state index in [-0.39, 0.29) is 11.6 Å². The maximum absolute atomic E-state index is 12.1. The summed E-state index contributed by atoms with van der Waals surface area (Å²) in [5, 5.41) is 0. The fourth-order valence-electron chi connectivity index (χ4n) is 2.24. The molecular formula is C16H22O3. The van der Waals surface area contributed by atoms with Gasteiger partial charge in [0.2, 0.25) is 0 Å². The molecule has 3 nitrogen and oxygen atoms in total. The van der Waals surface area contributed by atoms with Crippen molar-refractivity contribution < 1.29 is 14.3 Å². The van der Waals surface area contributed by atoms with Gasteiger partial charge < -0.3 is 9.53 Å². The predicted molar refractivity (Wildman–Crippen MR) is 75.9 cm³/mol. The fraction of sp³-hybridized carbons (Fsp3) is 0.500. The molecule has 0 saturated carbocycles. The van der Waals surface area contributed by atoms with Gasteiger partial charge in [-0.2, -0.15) is 0 Å². The second-order valence-corrected chi connectivity index (χ2v) is 4.98. The van der Waals surface area contributed by atoms with Gasteiger partial charge in [-0.25, -0.2) is 0 Å². The molecule has 0 radical (unpaired) electrons. The van der Waals surface area contributed by atoms with Crippen molar-refractivity contribution in [2.24, 2.45) is 0 Å². The number of methoxy groups -OCH3 is 1. The van der Waals surface area contributed by atoms with Gasteiger partial charge in [0, 0.05) is 18.4 Å². The highest BCUT2D eigenvalue weighted by Crippen LogP contribution is 2.25. The smallest absolute Gasteiger partial charge is 0.162 e. The third-order valence-electron chi connectivity index (χ3n) is 3.17. The number of aryl methyl sites for hydroxylation is 2. The first-order valence-corrected chi connectivity index (χ1v) is 6.63. The van der Waals surface area contributed by atoms with Crippen LogP contribution in [0.15, 0.2) is 12.1 Å². The molecule has 1 aromatic carbocycles. The van der Waals surface area contributed by atoms with Crippen molar-refractivity contribution in [1.29, 1.82) is 0 Å². The lowest BCUT2D eigenvalue weighted by molar-refractivity contribution is -0.117. The maximum Gasteiger partial charge on any atom is 0.162 e. The topological polar surface area (TPSA) is 43.4 Å². The predicted octanol–water partition coefficient (Wildman–Crippen LogP) is 3.64. The number of hydrogen-bond donors (Lipinski definition) is 0. The van der Waals surface area contributed by atoms with Gasteiger partial charge in [0.25, 0.3) is 0 Å². The van der Waals surface area contributed by atoms with Gasteiger partial charge in [-0.15, -0.1) is 0 Å². The summed E-state index contributed by atoms with van der Waals surface area (Å²) >= 11 is 0. The van der Waals surface area contributed by atoms with Crippen LogP contribution in [0.25, 0.3) is 0 Å². The van der Waals surface area contributed by atoms with Crippen LogP contribution in [0.5, 0.6) is 5.75 Å². The lowest BCUT2D eigenvalue weighted by Crippen LogP contribution is -2.02. The molecule has 0 bridgehead atoms. The Kier molecular flexibility index (Phi) is 5.74. The van der Waals surface area contributed by atoms with Crippen molar-refractivity contribution in [3.63, 3.8) is 0 Å². The summed E-state index contributed by atoms with van der Waals surface area (Å²) in [6.45, 7) is 5.47. The molecule has 1 rings (SSSR count). The quantitative estimate of drug-likeness (QED) is 0.556. The highest BCUT2D eigenvalue weighted by atomic mass is 16.5. The van der Waals surface area contributed by atoms with Crippen LogP contribution in [0.2, 0.25) is 0 Å². The molecule has 0 saturated heterocycles. The third kappa shape index (κ3) is 4.51. The van der Waals surface area contributed by atoms with E-state index >= 15 is 0 Å². The number of ketones is 2. The van der Waals surface area contributed by atoms with E-state index in [1.54, 1.807) is 14.0 Å². The van der Waals surface area contributed by atoms with Gasteiger partial charge in [0.1, 0.15) is 11.5 Å². The monoisotopic (exact) mass is 262 g/mol. The normalized spacial score (nSPS) is 10.3. The van der Waals surface area contributed by atoms with Gasteiger partial charge in [-0.3, -0.25) is 4.79 Å². The minimum atomic E-state index is 0.136. The largest absolute Gasteiger partial charge is 0.496 e. The standard InChI is InChI=1S/C16H22O3/c1-11-9-14(10-12(2)16(11)19-4)15(18)8-6-5-7-13(3)17/h9-10H,5-8H2,1-4H3. The average Bonchev–Trinajstić information content (AvgIpc) is 2.33. The third-order valence-corrected chi connectivity index (χ3v) is 3.17. The Balaban J connectivity index is 2.65. The average molecular weight is 262 g/mol. The lowest BCUT2D eigenvalue weighted by atomic mass is 9.99. The number of rotatable bonds is 7. The van der Waals surface area contributed by atoms with Crippen LogP contribution in [0.3, 0.4) is 0 Å². The second-order valence-electron chi connectivity index (χ2n) is 4.98. The van der Waals surface area contributed by atoms with Gasteiger partial charge in [0.15, 0.2) is 5.78 Å². The van der Waals surface area contributed by atoms with Crippen LogP contribution in [0.1, 0.15) is 54.1 Å². The van der Waals surface area contributed by atoms with Crippen molar-refractivity contribution in [2.45, 2.75) is 46.5 Å². The molecule has 1 aromatic rings. The summed E-state index contributed by atoms with van der Waals surface area (Å²) < 4.78 is 5.29. The number of hydrogen-bond acceptors (Lipinski definition) is 3. The lowest BCUT2D eigenvalue weighted by Gasteiger charge is -2.10. The zero-order valence-corrected chi connectivity index (χ0v) is 12.2. The molecule has 0 aliphatic carbocycles. The van der Waals surface area contributed by atoms with Crippen molar-refractivity contribution >= 4 is 11.6 Å². The van der Waals surface area contributed by atoms with Crippen LogP contribution in [0.4, 0.5) is 0 Å². The first-order valence-electron chi connectivity index (χ1n) is 6.63. The highest BCUT2D eigenvalue weighted by Gasteiger charge is 2.11. The second kappa shape index (κ2) is 7.07. The minimum Gasteiger partial charge on any atom is -0.496 e. The van der Waals surface area contributed by atoms with Crippen LogP contribution in [-0.2, 0) is 4.79 Å². The molecule has 0 unspecified atom stereocenters. The first kappa shape index (κ1) is 15.4. The van der Waals surface area contributed by atoms with E-state index in [2.05, 4.69) is 0 Å². The Morgan fingerprint density at radius 2 is 1.58 bits per heavy atom. The van der Waals surface area contributed by atoms with E-state index in [4.69, 9.17) is 4.74 Å². The van der Waals surface area contributed by atoms with Gasteiger partial charge in [-0.1, -0.05) is 0 Å². The molecule has 104 valence electrons. The molecule has 0 aromatic heterocycles. The summed E-state index contributed by atoms with van der Waals surface area (Å²) in [5.74, 6) is 1.16. The van der Waals surface area contributed by atoms with E-state index in [1.807, 2.05) is 26.0 Å². The number of carbonyl (C=O) groups is 2. The number of unbranched alkanes of at least 4 members (excludes halogenated alkanes) is 1. The zero-order valence-electron chi connectivity index (χ0n) is 12.2. The van der Waals surface area contributed by atoms with Crippen molar-refractivity contribution in [2.75, 3.05) is 7.11 Å². The van der Waals surface area contributed by atoms with E-state index in [1.165, 1.54) is 0 Å². The van der Waals surface area contributed by atoms with Crippen molar-refractivity contribution in [3.05, 3.63) is 28.8 Å². The molecule has 0 fully saturated rings. The number of ether oxygens (including phenoxy) is 1. The summed E-state index contributed by atoms with van der Waals surface area (Å²) in [6.07, 6.45) is 2.62. The molecule has 0 heterocycles. The molecule has 0 atom stereocenters. The van der Waals surface area contributed by atoms with E-state index in [0.29, 0.717) is 12.8 Å². The van der Waals surface area contributed by atoms with Gasteiger partial charge in [-0.05, 0) is 56.9 Å². The van der Waals surface area contributed by atoms with Gasteiger partial charge >= 0.3 is 0 Å². The molecule has 0 spiro atoms. The fourth-order valence-corrected chi connectivity index (χ4v) is 2.24. The molecule has 0 N–H and O–H groups in total. The van der Waals surface area contributed by atoms with E-state index < -0.39 is 0 Å². The molecular weight excluding hydrogens is 240 g/mol. The van der Waals surface area contributed by atoms with E-state index in [9.17, 15) is 9.59 Å². The number of carbonyl (C=O) groups excluding carboxylic acids is 2. The van der Waals surface area contributed by atoms with Gasteiger partial charge in [0.05, 0.1) is 7.11 Å². The molecule has 0 aliphatic heterocycles. The number of Topliss-reactive ketones (excluding diaryl/α,β-unsaturated/α-hetero) is 2. The Morgan fingerprint density at radius 1 is 1.05 bits per heavy atom. The Bertz CT molecular complexity index is 452. The summed E-state index contributed by atoms with van der Waals surface area (Å²) in [6, 6.07) is 3.75. The van der Waals surface area contributed by atoms with Crippen molar-refractivity contribution in [3.8, 4) is 5.75 Å². The zero-order chi connectivity index (χ0) is 14.4. The minimum absolute atomic E-state index is 0.136. The van der Waals surface area contributed by atoms with Crippen LogP contribution in [0, 0.1) is 13.8 Å². The molecule has 3 heteroatoms. The van der Waals surface area contributed by atoms with Crippen molar-refractivity contribution in [1.82, 2.24) is 0 Å². The molecule has 0 amide bonds. The Hall–Kier alpha value is -1.64. The van der Waals surface area contributed by atoms with Crippen LogP contribution in [-0.4, -0.2) is 18.7 Å². The molecule has 0 aliphatic rings. The van der Waals surface area contributed by atoms with Crippen LogP contribution < -0.4 is 4.74 Å². The highest BCUT2D eigenvalue weighted by molar-refractivity contribution is 5.96. The maximum atomic E-state index is 12.1. The SMILES string of the molecule is COc1c(C)cc(C(=O)CCCCC(C)=O)cc1C. The first-order chi connectivity index (χ1) is 8.95. The Morgan fingerprint density at radius 3 is 2.05 bits per heavy atom. The number of benzene rings is 1. The summed E-state index contributed by atoms with van der Waals surface area (Å²) in [4.78, 5) is 22.9. The van der Waals surface area contributed by atoms with E-state index in [0.717, 1.165) is 35.3 Å². The summed E-state index contributed by atoms with van der Waals surface area (Å²) in [5.41, 5.74) is 2.70. The molecule has 19 heavy (non-hydrogen) atoms. The van der Waals surface area contributed by atoms with Crippen LogP contribution >= 0.6 is 0 Å². The Labute approximate surface area is 115 Å².